The smallest absolute Gasteiger partial charge is 0.0885 e. The van der Waals surface area contributed by atoms with Gasteiger partial charge in [0.15, 0.2) is 0 Å². The van der Waals surface area contributed by atoms with Crippen LogP contribution >= 0.6 is 0 Å². The molecule has 0 saturated heterocycles. The molecular formula is C16H26N2O. The number of nitrogens with two attached hydrogens (primary N) is 1. The summed E-state index contributed by atoms with van der Waals surface area (Å²) in [6, 6.07) is 8.80. The second-order valence-corrected chi connectivity index (χ2v) is 6.59. The first kappa shape index (κ1) is 14.5. The minimum atomic E-state index is -0.127. The lowest BCUT2D eigenvalue weighted by Gasteiger charge is -2.46. The van der Waals surface area contributed by atoms with Crippen LogP contribution in [-0.2, 0) is 10.2 Å². The second-order valence-electron chi connectivity index (χ2n) is 6.59. The van der Waals surface area contributed by atoms with E-state index in [1.54, 1.807) is 7.11 Å². The second kappa shape index (κ2) is 5.23. The summed E-state index contributed by atoms with van der Waals surface area (Å²) in [6.45, 7) is 6.68. The normalized spacial score (nSPS) is 19.8. The van der Waals surface area contributed by atoms with Crippen LogP contribution in [0.5, 0.6) is 0 Å². The van der Waals surface area contributed by atoms with E-state index in [0.29, 0.717) is 0 Å². The van der Waals surface area contributed by atoms with Crippen molar-refractivity contribution in [3.05, 3.63) is 35.4 Å². The van der Waals surface area contributed by atoms with Gasteiger partial charge >= 0.3 is 0 Å². The van der Waals surface area contributed by atoms with Crippen LogP contribution in [0.15, 0.2) is 24.3 Å². The fraction of sp³-hybridized carbons (Fsp3) is 0.625. The Kier molecular flexibility index (Phi) is 4.00. The van der Waals surface area contributed by atoms with E-state index in [9.17, 15) is 0 Å². The molecule has 1 atom stereocenters. The molecular weight excluding hydrogens is 236 g/mol. The fourth-order valence-corrected chi connectivity index (χ4v) is 2.86. The third-order valence-electron chi connectivity index (χ3n) is 4.41. The molecule has 3 heteroatoms. The van der Waals surface area contributed by atoms with Gasteiger partial charge in [0.1, 0.15) is 0 Å². The Balaban J connectivity index is 2.25. The third-order valence-corrected chi connectivity index (χ3v) is 4.41. The fourth-order valence-electron chi connectivity index (χ4n) is 2.86. The van der Waals surface area contributed by atoms with Crippen molar-refractivity contribution in [1.82, 2.24) is 5.43 Å². The minimum Gasteiger partial charge on any atom is -0.376 e. The first-order valence-corrected chi connectivity index (χ1v) is 7.05. The van der Waals surface area contributed by atoms with Crippen molar-refractivity contribution < 1.29 is 4.74 Å². The number of ether oxygens (including phenoxy) is 1. The number of hydrogen-bond donors (Lipinski definition) is 2. The van der Waals surface area contributed by atoms with Crippen molar-refractivity contribution in [2.75, 3.05) is 7.11 Å². The van der Waals surface area contributed by atoms with Gasteiger partial charge in [-0.3, -0.25) is 11.3 Å². The van der Waals surface area contributed by atoms with E-state index in [0.717, 1.165) is 12.8 Å². The van der Waals surface area contributed by atoms with Gasteiger partial charge in [-0.05, 0) is 35.8 Å². The van der Waals surface area contributed by atoms with Crippen LogP contribution in [0.3, 0.4) is 0 Å². The standard InChI is InChI=1S/C16H26N2O/c1-15(2,3)13-8-6-12(7-9-13)14(18-17)16(19-4)10-5-11-16/h6-9,14,18H,5,10-11,17H2,1-4H3. The molecule has 1 aliphatic rings. The zero-order valence-corrected chi connectivity index (χ0v) is 12.5. The van der Waals surface area contributed by atoms with Crippen LogP contribution in [-0.4, -0.2) is 12.7 Å². The lowest BCUT2D eigenvalue weighted by molar-refractivity contribution is -0.0999. The van der Waals surface area contributed by atoms with Gasteiger partial charge in [-0.15, -0.1) is 0 Å². The Morgan fingerprint density at radius 2 is 1.79 bits per heavy atom. The van der Waals surface area contributed by atoms with E-state index in [1.165, 1.54) is 17.5 Å². The number of rotatable bonds is 4. The number of benzene rings is 1. The molecule has 0 heterocycles. The summed E-state index contributed by atoms with van der Waals surface area (Å²) in [5.74, 6) is 5.77. The van der Waals surface area contributed by atoms with Crippen molar-refractivity contribution in [2.45, 2.75) is 57.1 Å². The number of hydrogen-bond acceptors (Lipinski definition) is 3. The molecule has 1 aliphatic carbocycles. The zero-order valence-electron chi connectivity index (χ0n) is 12.5. The number of methoxy groups -OCH3 is 1. The maximum absolute atomic E-state index is 5.77. The van der Waals surface area contributed by atoms with Gasteiger partial charge < -0.3 is 4.74 Å². The van der Waals surface area contributed by atoms with Gasteiger partial charge in [0.05, 0.1) is 11.6 Å². The van der Waals surface area contributed by atoms with Gasteiger partial charge in [-0.1, -0.05) is 45.0 Å². The van der Waals surface area contributed by atoms with E-state index in [2.05, 4.69) is 50.5 Å². The first-order valence-electron chi connectivity index (χ1n) is 7.05. The van der Waals surface area contributed by atoms with Crippen molar-refractivity contribution >= 4 is 0 Å². The molecule has 1 aromatic carbocycles. The topological polar surface area (TPSA) is 47.3 Å². The summed E-state index contributed by atoms with van der Waals surface area (Å²) in [5, 5.41) is 0. The maximum Gasteiger partial charge on any atom is 0.0885 e. The molecule has 0 aliphatic heterocycles. The van der Waals surface area contributed by atoms with E-state index in [4.69, 9.17) is 10.6 Å². The Hall–Kier alpha value is -0.900. The molecule has 2 rings (SSSR count). The molecule has 1 aromatic rings. The molecule has 0 radical (unpaired) electrons. The maximum atomic E-state index is 5.77. The highest BCUT2D eigenvalue weighted by Gasteiger charge is 2.44. The molecule has 1 fully saturated rings. The SMILES string of the molecule is COC1(C(NN)c2ccc(C(C)(C)C)cc2)CCC1. The average Bonchev–Trinajstić information content (AvgIpc) is 2.33. The highest BCUT2D eigenvalue weighted by atomic mass is 16.5. The number of nitrogens with one attached hydrogen (secondary N) is 1. The Labute approximate surface area is 116 Å². The largest absolute Gasteiger partial charge is 0.376 e. The molecule has 3 nitrogen and oxygen atoms in total. The average molecular weight is 262 g/mol. The Bertz CT molecular complexity index is 410. The predicted molar refractivity (Wildman–Crippen MR) is 78.8 cm³/mol. The van der Waals surface area contributed by atoms with Crippen molar-refractivity contribution in [2.24, 2.45) is 5.84 Å². The van der Waals surface area contributed by atoms with Gasteiger partial charge in [0.25, 0.3) is 0 Å². The Morgan fingerprint density at radius 3 is 2.11 bits per heavy atom. The highest BCUT2D eigenvalue weighted by Crippen LogP contribution is 2.44. The Morgan fingerprint density at radius 1 is 1.21 bits per heavy atom. The molecule has 1 saturated carbocycles. The van der Waals surface area contributed by atoms with Crippen LogP contribution < -0.4 is 11.3 Å². The number of hydrazine groups is 1. The van der Waals surface area contributed by atoms with Gasteiger partial charge in [0.2, 0.25) is 0 Å². The van der Waals surface area contributed by atoms with Crippen LogP contribution in [0.1, 0.15) is 57.2 Å². The molecule has 1 unspecified atom stereocenters. The van der Waals surface area contributed by atoms with Crippen LogP contribution in [0, 0.1) is 0 Å². The van der Waals surface area contributed by atoms with Crippen LogP contribution in [0.2, 0.25) is 0 Å². The summed E-state index contributed by atoms with van der Waals surface area (Å²) < 4.78 is 5.74. The molecule has 106 valence electrons. The third kappa shape index (κ3) is 2.69. The molecule has 0 aromatic heterocycles. The summed E-state index contributed by atoms with van der Waals surface area (Å²) >= 11 is 0. The van der Waals surface area contributed by atoms with E-state index >= 15 is 0 Å². The first-order chi connectivity index (χ1) is 8.93. The van der Waals surface area contributed by atoms with Gasteiger partial charge in [-0.25, -0.2) is 0 Å². The summed E-state index contributed by atoms with van der Waals surface area (Å²) in [6.07, 6.45) is 3.35. The van der Waals surface area contributed by atoms with Crippen LogP contribution in [0.25, 0.3) is 0 Å². The molecule has 0 spiro atoms. The lowest BCUT2D eigenvalue weighted by Crippen LogP contribution is -2.52. The van der Waals surface area contributed by atoms with Crippen molar-refractivity contribution in [1.29, 1.82) is 0 Å². The molecule has 0 bridgehead atoms. The molecule has 19 heavy (non-hydrogen) atoms. The molecule has 0 amide bonds. The molecule has 3 N–H and O–H groups in total. The van der Waals surface area contributed by atoms with Gasteiger partial charge in [0, 0.05) is 7.11 Å². The zero-order chi connectivity index (χ0) is 14.1. The van der Waals surface area contributed by atoms with Crippen molar-refractivity contribution in [3.8, 4) is 0 Å². The van der Waals surface area contributed by atoms with E-state index in [-0.39, 0.29) is 17.1 Å². The highest BCUT2D eigenvalue weighted by molar-refractivity contribution is 5.31. The monoisotopic (exact) mass is 262 g/mol. The van der Waals surface area contributed by atoms with Crippen LogP contribution in [0.4, 0.5) is 0 Å². The summed E-state index contributed by atoms with van der Waals surface area (Å²) in [5.41, 5.74) is 5.54. The quantitative estimate of drug-likeness (QED) is 0.647. The minimum absolute atomic E-state index is 0.0697. The van der Waals surface area contributed by atoms with Crippen molar-refractivity contribution in [3.63, 3.8) is 0 Å². The summed E-state index contributed by atoms with van der Waals surface area (Å²) in [7, 11) is 1.78. The van der Waals surface area contributed by atoms with E-state index < -0.39 is 0 Å². The predicted octanol–water partition coefficient (Wildman–Crippen LogP) is 3.06. The summed E-state index contributed by atoms with van der Waals surface area (Å²) in [4.78, 5) is 0. The van der Waals surface area contributed by atoms with Gasteiger partial charge in [-0.2, -0.15) is 0 Å². The van der Waals surface area contributed by atoms with E-state index in [1.807, 2.05) is 0 Å². The lowest BCUT2D eigenvalue weighted by atomic mass is 9.72.